The number of nitrogens with zero attached hydrogens (tertiary/aromatic N) is 2. The summed E-state index contributed by atoms with van der Waals surface area (Å²) in [6.45, 7) is 0.892. The summed E-state index contributed by atoms with van der Waals surface area (Å²) in [4.78, 5) is 12.5. The van der Waals surface area contributed by atoms with E-state index in [0.29, 0.717) is 17.7 Å². The highest BCUT2D eigenvalue weighted by atomic mass is 32.2. The molecule has 2 aliphatic rings. The molecule has 0 bridgehead atoms. The fourth-order valence-electron chi connectivity index (χ4n) is 2.85. The zero-order valence-corrected chi connectivity index (χ0v) is 16.2. The Kier molecular flexibility index (Phi) is 5.22. The van der Waals surface area contributed by atoms with Gasteiger partial charge in [-0.2, -0.15) is 0 Å². The summed E-state index contributed by atoms with van der Waals surface area (Å²) < 4.78 is 33.0. The van der Waals surface area contributed by atoms with E-state index in [1.54, 1.807) is 12.1 Å². The molecule has 2 aromatic rings. The van der Waals surface area contributed by atoms with E-state index in [0.717, 1.165) is 30.7 Å². The lowest BCUT2D eigenvalue weighted by molar-refractivity contribution is 0.102. The lowest BCUT2D eigenvalue weighted by Crippen LogP contribution is -2.32. The van der Waals surface area contributed by atoms with E-state index in [4.69, 9.17) is 4.74 Å². The zero-order chi connectivity index (χ0) is 18.9. The van der Waals surface area contributed by atoms with Gasteiger partial charge in [0.15, 0.2) is 0 Å². The summed E-state index contributed by atoms with van der Waals surface area (Å²) in [5.41, 5.74) is 0.248. The molecule has 4 rings (SSSR count). The highest BCUT2D eigenvalue weighted by Crippen LogP contribution is 2.42. The van der Waals surface area contributed by atoms with Crippen LogP contribution in [0.3, 0.4) is 0 Å². The third-order valence-electron chi connectivity index (χ3n) is 4.52. The van der Waals surface area contributed by atoms with Crippen LogP contribution < -0.4 is 10.0 Å². The Morgan fingerprint density at radius 1 is 1.26 bits per heavy atom. The van der Waals surface area contributed by atoms with Crippen molar-refractivity contribution >= 4 is 32.4 Å². The minimum atomic E-state index is -3.71. The number of hydrogen-bond donors (Lipinski definition) is 2. The number of hydrogen-bond acceptors (Lipinski definition) is 7. The van der Waals surface area contributed by atoms with Crippen molar-refractivity contribution in [2.45, 2.75) is 42.6 Å². The van der Waals surface area contributed by atoms with E-state index < -0.39 is 15.9 Å². The normalized spacial score (nSPS) is 19.9. The Bertz CT molecular complexity index is 934. The van der Waals surface area contributed by atoms with E-state index in [2.05, 4.69) is 20.2 Å². The Morgan fingerprint density at radius 2 is 2.11 bits per heavy atom. The van der Waals surface area contributed by atoms with Crippen LogP contribution in [-0.2, 0) is 14.8 Å². The first kappa shape index (κ1) is 18.5. The van der Waals surface area contributed by atoms with Crippen LogP contribution in [0.25, 0.3) is 0 Å². The van der Waals surface area contributed by atoms with Gasteiger partial charge in [0, 0.05) is 24.6 Å². The molecule has 0 unspecified atom stereocenters. The van der Waals surface area contributed by atoms with Crippen molar-refractivity contribution in [3.63, 3.8) is 0 Å². The van der Waals surface area contributed by atoms with E-state index in [1.165, 1.54) is 23.5 Å². The maximum atomic E-state index is 12.5. The van der Waals surface area contributed by atoms with Gasteiger partial charge in [0.1, 0.15) is 5.01 Å². The van der Waals surface area contributed by atoms with Gasteiger partial charge < -0.3 is 4.74 Å². The molecule has 1 saturated heterocycles. The lowest BCUT2D eigenvalue weighted by Gasteiger charge is -2.12. The van der Waals surface area contributed by atoms with Gasteiger partial charge in [-0.05, 0) is 43.9 Å². The van der Waals surface area contributed by atoms with Crippen molar-refractivity contribution in [2.24, 2.45) is 0 Å². The standard InChI is InChI=1S/C17H20N4O4S2/c22-15(19-17-21-20-16(26-17)11-6-7-11)12-3-1-5-14(9-12)27(23,24)18-10-13-4-2-8-25-13/h1,3,5,9,11,13,18H,2,4,6-8,10H2,(H,19,21,22)/t13-/m1/s1. The molecule has 1 amide bonds. The average molecular weight is 409 g/mol. The predicted octanol–water partition coefficient (Wildman–Crippen LogP) is 2.13. The number of rotatable bonds is 7. The van der Waals surface area contributed by atoms with E-state index in [-0.39, 0.29) is 23.1 Å². The van der Waals surface area contributed by atoms with E-state index in [9.17, 15) is 13.2 Å². The summed E-state index contributed by atoms with van der Waals surface area (Å²) in [5, 5.41) is 12.1. The van der Waals surface area contributed by atoms with Crippen LogP contribution in [0, 0.1) is 0 Å². The second kappa shape index (κ2) is 7.63. The lowest BCUT2D eigenvalue weighted by atomic mass is 10.2. The molecule has 8 nitrogen and oxygen atoms in total. The van der Waals surface area contributed by atoms with Crippen LogP contribution in [0.5, 0.6) is 0 Å². The molecule has 0 spiro atoms. The second-order valence-corrected chi connectivity index (χ2v) is 9.46. The van der Waals surface area contributed by atoms with E-state index in [1.807, 2.05) is 0 Å². The molecule has 1 aromatic carbocycles. The van der Waals surface area contributed by atoms with Crippen LogP contribution in [0.1, 0.15) is 47.0 Å². The summed E-state index contributed by atoms with van der Waals surface area (Å²) in [6, 6.07) is 5.93. The molecule has 2 fully saturated rings. The van der Waals surface area contributed by atoms with Crippen molar-refractivity contribution < 1.29 is 17.9 Å². The zero-order valence-electron chi connectivity index (χ0n) is 14.6. The molecular formula is C17H20N4O4S2. The summed E-state index contributed by atoms with van der Waals surface area (Å²) in [6.07, 6.45) is 3.92. The molecule has 0 radical (unpaired) electrons. The van der Waals surface area contributed by atoms with Gasteiger partial charge >= 0.3 is 0 Å². The van der Waals surface area contributed by atoms with E-state index >= 15 is 0 Å². The number of ether oxygens (including phenoxy) is 1. The third kappa shape index (κ3) is 4.52. The van der Waals surface area contributed by atoms with Crippen LogP contribution in [0.4, 0.5) is 5.13 Å². The van der Waals surface area contributed by atoms with Crippen molar-refractivity contribution in [1.82, 2.24) is 14.9 Å². The fraction of sp³-hybridized carbons (Fsp3) is 0.471. The predicted molar refractivity (Wildman–Crippen MR) is 100 cm³/mol. The molecular weight excluding hydrogens is 388 g/mol. The second-order valence-electron chi connectivity index (χ2n) is 6.69. The highest BCUT2D eigenvalue weighted by Gasteiger charge is 2.28. The van der Waals surface area contributed by atoms with Crippen LogP contribution in [-0.4, -0.2) is 43.8 Å². The molecule has 2 N–H and O–H groups in total. The molecule has 2 heterocycles. The number of carbonyl (C=O) groups excluding carboxylic acids is 1. The van der Waals surface area contributed by atoms with Gasteiger partial charge in [-0.3, -0.25) is 10.1 Å². The van der Waals surface area contributed by atoms with Gasteiger partial charge in [0.05, 0.1) is 11.0 Å². The fourth-order valence-corrected chi connectivity index (χ4v) is 4.86. The first-order chi connectivity index (χ1) is 13.0. The molecule has 1 aromatic heterocycles. The highest BCUT2D eigenvalue weighted by molar-refractivity contribution is 7.89. The van der Waals surface area contributed by atoms with Crippen LogP contribution >= 0.6 is 11.3 Å². The van der Waals surface area contributed by atoms with Crippen molar-refractivity contribution in [3.8, 4) is 0 Å². The number of sulfonamides is 1. The van der Waals surface area contributed by atoms with Gasteiger partial charge in [-0.15, -0.1) is 10.2 Å². The molecule has 1 aliphatic heterocycles. The van der Waals surface area contributed by atoms with Crippen molar-refractivity contribution in [2.75, 3.05) is 18.5 Å². The van der Waals surface area contributed by atoms with Gasteiger partial charge in [0.25, 0.3) is 5.91 Å². The van der Waals surface area contributed by atoms with Crippen LogP contribution in [0.15, 0.2) is 29.2 Å². The molecule has 1 atom stereocenters. The summed E-state index contributed by atoms with van der Waals surface area (Å²) >= 11 is 1.36. The number of benzene rings is 1. The topological polar surface area (TPSA) is 110 Å². The number of aromatic nitrogens is 2. The number of nitrogens with one attached hydrogen (secondary N) is 2. The third-order valence-corrected chi connectivity index (χ3v) is 6.94. The Labute approximate surface area is 161 Å². The van der Waals surface area contributed by atoms with Crippen LogP contribution in [0.2, 0.25) is 0 Å². The average Bonchev–Trinajstić information content (AvgIpc) is 3.18. The molecule has 27 heavy (non-hydrogen) atoms. The smallest absolute Gasteiger partial charge is 0.257 e. The first-order valence-electron chi connectivity index (χ1n) is 8.87. The monoisotopic (exact) mass is 408 g/mol. The molecule has 1 aliphatic carbocycles. The number of amides is 1. The minimum absolute atomic E-state index is 0.0454. The van der Waals surface area contributed by atoms with Crippen molar-refractivity contribution in [3.05, 3.63) is 34.8 Å². The number of carbonyl (C=O) groups is 1. The maximum Gasteiger partial charge on any atom is 0.257 e. The van der Waals surface area contributed by atoms with Crippen molar-refractivity contribution in [1.29, 1.82) is 0 Å². The Morgan fingerprint density at radius 3 is 2.85 bits per heavy atom. The number of anilines is 1. The Hall–Kier alpha value is -1.88. The SMILES string of the molecule is O=C(Nc1nnc(C2CC2)s1)c1cccc(S(=O)(=O)NC[C@H]2CCCO2)c1. The quantitative estimate of drug-likeness (QED) is 0.726. The minimum Gasteiger partial charge on any atom is -0.377 e. The largest absolute Gasteiger partial charge is 0.377 e. The molecule has 10 heteroatoms. The van der Waals surface area contributed by atoms with Gasteiger partial charge in [-0.25, -0.2) is 13.1 Å². The van der Waals surface area contributed by atoms with Gasteiger partial charge in [-0.1, -0.05) is 17.4 Å². The first-order valence-corrected chi connectivity index (χ1v) is 11.2. The summed E-state index contributed by atoms with van der Waals surface area (Å²) in [7, 11) is -3.71. The summed E-state index contributed by atoms with van der Waals surface area (Å²) in [5.74, 6) is 0.0567. The molecule has 144 valence electrons. The maximum absolute atomic E-state index is 12.5. The molecule has 1 saturated carbocycles. The van der Waals surface area contributed by atoms with Gasteiger partial charge in [0.2, 0.25) is 15.2 Å². The Balaban J connectivity index is 1.43.